The van der Waals surface area contributed by atoms with Gasteiger partial charge in [0.05, 0.1) is 24.7 Å². The highest BCUT2D eigenvalue weighted by Gasteiger charge is 2.23. The summed E-state index contributed by atoms with van der Waals surface area (Å²) < 4.78 is 13.3. The van der Waals surface area contributed by atoms with Crippen molar-refractivity contribution in [1.29, 1.82) is 0 Å². The number of aryl methyl sites for hydroxylation is 2. The Hall–Kier alpha value is -2.58. The molecule has 3 heterocycles. The second kappa shape index (κ2) is 8.84. The second-order valence-electron chi connectivity index (χ2n) is 7.18. The van der Waals surface area contributed by atoms with Gasteiger partial charge in [-0.3, -0.25) is 9.36 Å². The molecule has 4 rings (SSSR count). The minimum Gasteiger partial charge on any atom is -0.461 e. The SMILES string of the molecule is Cc1ccc(NC(=O)CSc2nnc(-c3ccco3)n2CC2CCCO2)c(C)c1. The Kier molecular flexibility index (Phi) is 6.01. The van der Waals surface area contributed by atoms with Gasteiger partial charge in [-0.2, -0.15) is 0 Å². The van der Waals surface area contributed by atoms with Crippen molar-refractivity contribution in [2.24, 2.45) is 0 Å². The number of carbonyl (C=O) groups excluding carboxylic acids is 1. The molecule has 1 amide bonds. The molecule has 1 aromatic carbocycles. The van der Waals surface area contributed by atoms with Crippen molar-refractivity contribution in [3.63, 3.8) is 0 Å². The van der Waals surface area contributed by atoms with Gasteiger partial charge in [0.2, 0.25) is 11.7 Å². The van der Waals surface area contributed by atoms with E-state index in [1.54, 1.807) is 6.26 Å². The number of carbonyl (C=O) groups is 1. The maximum Gasteiger partial charge on any atom is 0.234 e. The molecule has 1 fully saturated rings. The quantitative estimate of drug-likeness (QED) is 0.589. The number of hydrogen-bond acceptors (Lipinski definition) is 6. The van der Waals surface area contributed by atoms with Gasteiger partial charge >= 0.3 is 0 Å². The highest BCUT2D eigenvalue weighted by atomic mass is 32.2. The summed E-state index contributed by atoms with van der Waals surface area (Å²) >= 11 is 1.36. The highest BCUT2D eigenvalue weighted by molar-refractivity contribution is 7.99. The molecule has 2 aromatic heterocycles. The molecule has 8 heteroatoms. The maximum atomic E-state index is 12.5. The first-order valence-electron chi connectivity index (χ1n) is 9.69. The predicted molar refractivity (Wildman–Crippen MR) is 112 cm³/mol. The van der Waals surface area contributed by atoms with Crippen molar-refractivity contribution in [2.75, 3.05) is 17.7 Å². The number of thioether (sulfide) groups is 1. The van der Waals surface area contributed by atoms with Crippen molar-refractivity contribution in [3.8, 4) is 11.6 Å². The lowest BCUT2D eigenvalue weighted by Crippen LogP contribution is -2.18. The molecular formula is C21H24N4O3S. The Morgan fingerprint density at radius 1 is 1.31 bits per heavy atom. The molecule has 0 radical (unpaired) electrons. The van der Waals surface area contributed by atoms with E-state index in [9.17, 15) is 4.79 Å². The van der Waals surface area contributed by atoms with E-state index in [1.165, 1.54) is 17.3 Å². The lowest BCUT2D eigenvalue weighted by atomic mass is 10.1. The molecule has 0 saturated carbocycles. The van der Waals surface area contributed by atoms with E-state index in [2.05, 4.69) is 21.6 Å². The number of anilines is 1. The van der Waals surface area contributed by atoms with E-state index < -0.39 is 0 Å². The van der Waals surface area contributed by atoms with Crippen molar-refractivity contribution in [3.05, 3.63) is 47.7 Å². The van der Waals surface area contributed by atoms with Crippen molar-refractivity contribution in [1.82, 2.24) is 14.8 Å². The van der Waals surface area contributed by atoms with Crippen LogP contribution in [0.25, 0.3) is 11.6 Å². The maximum absolute atomic E-state index is 12.5. The first-order chi connectivity index (χ1) is 14.1. The van der Waals surface area contributed by atoms with Crippen LogP contribution in [0.3, 0.4) is 0 Å². The fourth-order valence-electron chi connectivity index (χ4n) is 3.41. The predicted octanol–water partition coefficient (Wildman–Crippen LogP) is 4.06. The summed E-state index contributed by atoms with van der Waals surface area (Å²) in [5.41, 5.74) is 3.05. The largest absolute Gasteiger partial charge is 0.461 e. The smallest absolute Gasteiger partial charge is 0.234 e. The van der Waals surface area contributed by atoms with Gasteiger partial charge in [0.25, 0.3) is 0 Å². The number of rotatable bonds is 7. The summed E-state index contributed by atoms with van der Waals surface area (Å²) in [5, 5.41) is 12.3. The first kappa shape index (κ1) is 19.7. The van der Waals surface area contributed by atoms with Gasteiger partial charge < -0.3 is 14.5 Å². The van der Waals surface area contributed by atoms with Gasteiger partial charge in [-0.15, -0.1) is 10.2 Å². The van der Waals surface area contributed by atoms with Crippen LogP contribution in [0.2, 0.25) is 0 Å². The van der Waals surface area contributed by atoms with Crippen LogP contribution >= 0.6 is 11.8 Å². The third kappa shape index (κ3) is 4.71. The summed E-state index contributed by atoms with van der Waals surface area (Å²) in [4.78, 5) is 12.5. The van der Waals surface area contributed by atoms with E-state index in [0.29, 0.717) is 23.3 Å². The Labute approximate surface area is 173 Å². The summed E-state index contributed by atoms with van der Waals surface area (Å²) in [6.45, 7) is 5.45. The third-order valence-corrected chi connectivity index (χ3v) is 5.82. The zero-order chi connectivity index (χ0) is 20.2. The molecule has 1 saturated heterocycles. The number of aromatic nitrogens is 3. The van der Waals surface area contributed by atoms with Crippen molar-refractivity contribution >= 4 is 23.4 Å². The molecule has 1 N–H and O–H groups in total. The Morgan fingerprint density at radius 3 is 2.93 bits per heavy atom. The fraction of sp³-hybridized carbons (Fsp3) is 0.381. The van der Waals surface area contributed by atoms with Gasteiger partial charge in [0.1, 0.15) is 0 Å². The van der Waals surface area contributed by atoms with Crippen LogP contribution in [0.1, 0.15) is 24.0 Å². The number of ether oxygens (including phenoxy) is 1. The van der Waals surface area contributed by atoms with Crippen LogP contribution in [-0.4, -0.2) is 39.1 Å². The summed E-state index contributed by atoms with van der Waals surface area (Å²) in [5.74, 6) is 1.48. The summed E-state index contributed by atoms with van der Waals surface area (Å²) in [6.07, 6.45) is 3.81. The lowest BCUT2D eigenvalue weighted by molar-refractivity contribution is -0.113. The van der Waals surface area contributed by atoms with Crippen LogP contribution in [0.15, 0.2) is 46.2 Å². The summed E-state index contributed by atoms with van der Waals surface area (Å²) in [6, 6.07) is 9.66. The Balaban J connectivity index is 1.46. The molecule has 1 aliphatic rings. The van der Waals surface area contributed by atoms with E-state index in [4.69, 9.17) is 9.15 Å². The third-order valence-electron chi connectivity index (χ3n) is 4.86. The van der Waals surface area contributed by atoms with Crippen molar-refractivity contribution in [2.45, 2.75) is 44.5 Å². The zero-order valence-corrected chi connectivity index (χ0v) is 17.4. The standard InChI is InChI=1S/C21H24N4O3S/c1-14-7-8-17(15(2)11-14)22-19(26)13-29-21-24-23-20(18-6-4-10-28-18)25(21)12-16-5-3-9-27-16/h4,6-8,10-11,16H,3,5,9,12-13H2,1-2H3,(H,22,26). The van der Waals surface area contributed by atoms with Crippen molar-refractivity contribution < 1.29 is 13.9 Å². The molecule has 1 atom stereocenters. The Morgan fingerprint density at radius 2 is 2.21 bits per heavy atom. The fourth-order valence-corrected chi connectivity index (χ4v) is 4.16. The second-order valence-corrected chi connectivity index (χ2v) is 8.13. The molecule has 7 nitrogen and oxygen atoms in total. The first-order valence-corrected chi connectivity index (χ1v) is 10.7. The molecule has 1 aliphatic heterocycles. The Bertz CT molecular complexity index is 978. The van der Waals surface area contributed by atoms with Gasteiger partial charge in [0.15, 0.2) is 10.9 Å². The van der Waals surface area contributed by atoms with Gasteiger partial charge in [-0.1, -0.05) is 29.5 Å². The minimum absolute atomic E-state index is 0.0758. The molecule has 0 spiro atoms. The van der Waals surface area contributed by atoms with Gasteiger partial charge in [0, 0.05) is 12.3 Å². The van der Waals surface area contributed by atoms with Gasteiger partial charge in [-0.25, -0.2) is 0 Å². The lowest BCUT2D eigenvalue weighted by Gasteiger charge is -2.14. The molecule has 1 unspecified atom stereocenters. The molecule has 0 bridgehead atoms. The van der Waals surface area contributed by atoms with Gasteiger partial charge in [-0.05, 0) is 50.5 Å². The monoisotopic (exact) mass is 412 g/mol. The van der Waals surface area contributed by atoms with E-state index in [-0.39, 0.29) is 17.8 Å². The normalized spacial score (nSPS) is 16.3. The minimum atomic E-state index is -0.0758. The highest BCUT2D eigenvalue weighted by Crippen LogP contribution is 2.27. The molecule has 29 heavy (non-hydrogen) atoms. The number of nitrogens with zero attached hydrogens (tertiary/aromatic N) is 3. The van der Waals surface area contributed by atoms with Crippen LogP contribution in [0.5, 0.6) is 0 Å². The number of nitrogens with one attached hydrogen (secondary N) is 1. The van der Waals surface area contributed by atoms with Crippen LogP contribution < -0.4 is 5.32 Å². The molecule has 0 aliphatic carbocycles. The molecule has 3 aromatic rings. The van der Waals surface area contributed by atoms with E-state index >= 15 is 0 Å². The average Bonchev–Trinajstić information content (AvgIpc) is 3.45. The molecule has 152 valence electrons. The van der Waals surface area contributed by atoms with Crippen LogP contribution in [0, 0.1) is 13.8 Å². The number of amides is 1. The van der Waals surface area contributed by atoms with E-state index in [1.807, 2.05) is 42.7 Å². The average molecular weight is 413 g/mol. The van der Waals surface area contributed by atoms with Crippen LogP contribution in [0.4, 0.5) is 5.69 Å². The topological polar surface area (TPSA) is 82.2 Å². The number of hydrogen-bond donors (Lipinski definition) is 1. The van der Waals surface area contributed by atoms with Crippen LogP contribution in [-0.2, 0) is 16.1 Å². The molecular weight excluding hydrogens is 388 g/mol. The number of furan rings is 1. The van der Waals surface area contributed by atoms with E-state index in [0.717, 1.165) is 30.7 Å². The number of benzene rings is 1. The zero-order valence-electron chi connectivity index (χ0n) is 16.6. The summed E-state index contributed by atoms with van der Waals surface area (Å²) in [7, 11) is 0.